The predicted molar refractivity (Wildman–Crippen MR) is 86.9 cm³/mol. The Labute approximate surface area is 139 Å². The van der Waals surface area contributed by atoms with Crippen LogP contribution in [0.3, 0.4) is 0 Å². The fourth-order valence-electron chi connectivity index (χ4n) is 2.77. The van der Waals surface area contributed by atoms with Gasteiger partial charge in [0.15, 0.2) is 0 Å². The van der Waals surface area contributed by atoms with Gasteiger partial charge in [-0.3, -0.25) is 14.7 Å². The number of hydrogen-bond acceptors (Lipinski definition) is 6. The molecule has 0 saturated heterocycles. The molecule has 1 aliphatic heterocycles. The molecule has 24 heavy (non-hydrogen) atoms. The van der Waals surface area contributed by atoms with Gasteiger partial charge in [-0.25, -0.2) is 13.4 Å². The van der Waals surface area contributed by atoms with Crippen LogP contribution in [-0.4, -0.2) is 36.1 Å². The summed E-state index contributed by atoms with van der Waals surface area (Å²) in [6.07, 6.45) is 1.54. The summed E-state index contributed by atoms with van der Waals surface area (Å²) in [5.74, 6) is 0. The molecule has 0 saturated carbocycles. The summed E-state index contributed by atoms with van der Waals surface area (Å²) in [5.41, 5.74) is 2.24. The highest BCUT2D eigenvalue weighted by Crippen LogP contribution is 2.17. The SMILES string of the molecule is CS(=O)(=O)c1nc2c(c(=O)[nH]1)CN(Cc1cccc(C#N)c1)CC2. The first-order valence-corrected chi connectivity index (χ1v) is 9.29. The third kappa shape index (κ3) is 3.37. The zero-order valence-electron chi connectivity index (χ0n) is 13.1. The molecule has 7 nitrogen and oxygen atoms in total. The number of H-pyrrole nitrogens is 1. The normalized spacial score (nSPS) is 14.8. The van der Waals surface area contributed by atoms with Gasteiger partial charge in [0.2, 0.25) is 15.0 Å². The third-order valence-electron chi connectivity index (χ3n) is 3.94. The summed E-state index contributed by atoms with van der Waals surface area (Å²) in [5, 5.41) is 8.68. The minimum Gasteiger partial charge on any atom is -0.297 e. The molecule has 0 spiro atoms. The van der Waals surface area contributed by atoms with Crippen molar-refractivity contribution >= 4 is 9.84 Å². The molecule has 124 valence electrons. The van der Waals surface area contributed by atoms with Gasteiger partial charge in [-0.2, -0.15) is 5.26 Å². The van der Waals surface area contributed by atoms with Crippen LogP contribution in [0.5, 0.6) is 0 Å². The maximum atomic E-state index is 12.2. The Bertz CT molecular complexity index is 989. The first-order valence-electron chi connectivity index (χ1n) is 7.40. The van der Waals surface area contributed by atoms with Crippen molar-refractivity contribution in [3.05, 3.63) is 57.0 Å². The predicted octanol–water partition coefficient (Wildman–Crippen LogP) is 0.603. The molecular formula is C16H16N4O3S. The van der Waals surface area contributed by atoms with E-state index in [1.165, 1.54) is 0 Å². The van der Waals surface area contributed by atoms with E-state index < -0.39 is 15.4 Å². The van der Waals surface area contributed by atoms with Crippen molar-refractivity contribution in [2.75, 3.05) is 12.8 Å². The van der Waals surface area contributed by atoms with Gasteiger partial charge in [0.25, 0.3) is 5.56 Å². The Kier molecular flexibility index (Phi) is 4.22. The topological polar surface area (TPSA) is 107 Å². The van der Waals surface area contributed by atoms with Crippen molar-refractivity contribution in [3.63, 3.8) is 0 Å². The second-order valence-electron chi connectivity index (χ2n) is 5.84. The highest BCUT2D eigenvalue weighted by molar-refractivity contribution is 7.90. The van der Waals surface area contributed by atoms with Crippen LogP contribution in [0, 0.1) is 11.3 Å². The summed E-state index contributed by atoms with van der Waals surface area (Å²) in [6, 6.07) is 9.45. The lowest BCUT2D eigenvalue weighted by Crippen LogP contribution is -2.36. The maximum Gasteiger partial charge on any atom is 0.256 e. The Morgan fingerprint density at radius 3 is 2.92 bits per heavy atom. The van der Waals surface area contributed by atoms with Gasteiger partial charge in [-0.05, 0) is 17.7 Å². The molecule has 1 aromatic carbocycles. The van der Waals surface area contributed by atoms with E-state index in [0.29, 0.717) is 42.9 Å². The number of benzene rings is 1. The fourth-order valence-corrected chi connectivity index (χ4v) is 3.32. The molecule has 0 unspecified atom stereocenters. The number of aromatic nitrogens is 2. The molecule has 0 radical (unpaired) electrons. The lowest BCUT2D eigenvalue weighted by atomic mass is 10.1. The van der Waals surface area contributed by atoms with Gasteiger partial charge in [0, 0.05) is 32.3 Å². The Hall–Kier alpha value is -2.50. The van der Waals surface area contributed by atoms with Crippen LogP contribution < -0.4 is 5.56 Å². The average molecular weight is 344 g/mol. The van der Waals surface area contributed by atoms with Gasteiger partial charge in [0.05, 0.1) is 22.9 Å². The average Bonchev–Trinajstić information content (AvgIpc) is 2.54. The van der Waals surface area contributed by atoms with Crippen molar-refractivity contribution in [2.24, 2.45) is 0 Å². The van der Waals surface area contributed by atoms with E-state index in [2.05, 4.69) is 20.9 Å². The molecule has 0 aliphatic carbocycles. The number of sulfone groups is 1. The Morgan fingerprint density at radius 2 is 2.21 bits per heavy atom. The van der Waals surface area contributed by atoms with Crippen LogP contribution in [0.1, 0.15) is 22.4 Å². The molecule has 1 N–H and O–H groups in total. The van der Waals surface area contributed by atoms with Crippen LogP contribution >= 0.6 is 0 Å². The van der Waals surface area contributed by atoms with Crippen LogP contribution in [0.4, 0.5) is 0 Å². The van der Waals surface area contributed by atoms with E-state index >= 15 is 0 Å². The van der Waals surface area contributed by atoms with E-state index in [0.717, 1.165) is 11.8 Å². The number of rotatable bonds is 3. The maximum absolute atomic E-state index is 12.2. The monoisotopic (exact) mass is 344 g/mol. The van der Waals surface area contributed by atoms with E-state index in [1.807, 2.05) is 18.2 Å². The van der Waals surface area contributed by atoms with Crippen LogP contribution in [0.2, 0.25) is 0 Å². The first-order chi connectivity index (χ1) is 11.4. The van der Waals surface area contributed by atoms with Crippen molar-refractivity contribution in [1.82, 2.24) is 14.9 Å². The van der Waals surface area contributed by atoms with Gasteiger partial charge in [-0.15, -0.1) is 0 Å². The Balaban J connectivity index is 1.85. The smallest absolute Gasteiger partial charge is 0.256 e. The zero-order chi connectivity index (χ0) is 17.3. The molecule has 2 heterocycles. The van der Waals surface area contributed by atoms with Gasteiger partial charge in [0.1, 0.15) is 0 Å². The van der Waals surface area contributed by atoms with Crippen molar-refractivity contribution in [3.8, 4) is 6.07 Å². The summed E-state index contributed by atoms with van der Waals surface area (Å²) in [4.78, 5) is 20.7. The summed E-state index contributed by atoms with van der Waals surface area (Å²) >= 11 is 0. The number of aromatic amines is 1. The number of fused-ring (bicyclic) bond motifs is 1. The number of nitrogens with one attached hydrogen (secondary N) is 1. The fraction of sp³-hybridized carbons (Fsp3) is 0.312. The van der Waals surface area contributed by atoms with Gasteiger partial charge in [-0.1, -0.05) is 12.1 Å². The molecule has 0 amide bonds. The molecule has 8 heteroatoms. The van der Waals surface area contributed by atoms with Crippen LogP contribution in [0.15, 0.2) is 34.2 Å². The summed E-state index contributed by atoms with van der Waals surface area (Å²) < 4.78 is 23.1. The highest BCUT2D eigenvalue weighted by Gasteiger charge is 2.23. The number of nitriles is 1. The molecule has 0 atom stereocenters. The zero-order valence-corrected chi connectivity index (χ0v) is 13.9. The third-order valence-corrected chi connectivity index (χ3v) is 4.84. The number of nitrogens with zero attached hydrogens (tertiary/aromatic N) is 3. The van der Waals surface area contributed by atoms with E-state index in [4.69, 9.17) is 5.26 Å². The Morgan fingerprint density at radius 1 is 1.42 bits per heavy atom. The summed E-state index contributed by atoms with van der Waals surface area (Å²) in [7, 11) is -3.54. The van der Waals surface area contributed by atoms with E-state index in [1.54, 1.807) is 6.07 Å². The minimum atomic E-state index is -3.54. The largest absolute Gasteiger partial charge is 0.297 e. The molecule has 0 bridgehead atoms. The lowest BCUT2D eigenvalue weighted by Gasteiger charge is -2.27. The molecule has 1 aliphatic rings. The molecular weight excluding hydrogens is 328 g/mol. The quantitative estimate of drug-likeness (QED) is 0.817. The minimum absolute atomic E-state index is 0.276. The molecule has 2 aromatic rings. The molecule has 3 rings (SSSR count). The van der Waals surface area contributed by atoms with Gasteiger partial charge < -0.3 is 0 Å². The lowest BCUT2D eigenvalue weighted by molar-refractivity contribution is 0.241. The standard InChI is InChI=1S/C16H16N4O3S/c1-24(22,23)16-18-14-5-6-20(10-13(14)15(21)19-16)9-12-4-2-3-11(7-12)8-17/h2-4,7H,5-6,9-10H2,1H3,(H,18,19,21). The van der Waals surface area contributed by atoms with Gasteiger partial charge >= 0.3 is 0 Å². The second-order valence-corrected chi connectivity index (χ2v) is 7.77. The number of hydrogen-bond donors (Lipinski definition) is 1. The van der Waals surface area contributed by atoms with E-state index in [-0.39, 0.29) is 5.16 Å². The van der Waals surface area contributed by atoms with E-state index in [9.17, 15) is 13.2 Å². The molecule has 1 aromatic heterocycles. The highest BCUT2D eigenvalue weighted by atomic mass is 32.2. The van der Waals surface area contributed by atoms with Crippen LogP contribution in [-0.2, 0) is 29.3 Å². The van der Waals surface area contributed by atoms with Crippen molar-refractivity contribution in [2.45, 2.75) is 24.7 Å². The van der Waals surface area contributed by atoms with Crippen LogP contribution in [0.25, 0.3) is 0 Å². The second kappa shape index (κ2) is 6.19. The summed E-state index contributed by atoms with van der Waals surface area (Å²) in [6.45, 7) is 1.68. The first kappa shape index (κ1) is 16.4. The molecule has 0 fully saturated rings. The van der Waals surface area contributed by atoms with Crippen molar-refractivity contribution < 1.29 is 8.42 Å². The van der Waals surface area contributed by atoms with Crippen molar-refractivity contribution in [1.29, 1.82) is 5.26 Å².